The molecule has 29 heavy (non-hydrogen) atoms. The quantitative estimate of drug-likeness (QED) is 0.484. The summed E-state index contributed by atoms with van der Waals surface area (Å²) in [5, 5.41) is 11.4. The van der Waals surface area contributed by atoms with E-state index in [0.717, 1.165) is 11.1 Å². The van der Waals surface area contributed by atoms with Crippen molar-refractivity contribution in [3.63, 3.8) is 0 Å². The Hall–Kier alpha value is -2.29. The Morgan fingerprint density at radius 2 is 1.83 bits per heavy atom. The number of sulfonamides is 1. The van der Waals surface area contributed by atoms with Crippen LogP contribution in [0.15, 0.2) is 59.5 Å². The van der Waals surface area contributed by atoms with Crippen LogP contribution in [0.5, 0.6) is 0 Å². The third kappa shape index (κ3) is 4.66. The Morgan fingerprint density at radius 1 is 1.17 bits per heavy atom. The SMILES string of the molecule is CCO[C@H]1[C@@H]([C@H](C[N+](=O)[O-])c2ccccc2)CCN1S(=O)(=O)c1ccc(C)cc1. The maximum atomic E-state index is 13.3. The van der Waals surface area contributed by atoms with E-state index in [0.29, 0.717) is 13.0 Å². The maximum Gasteiger partial charge on any atom is 0.245 e. The molecule has 0 radical (unpaired) electrons. The molecule has 0 saturated carbocycles. The van der Waals surface area contributed by atoms with Crippen molar-refractivity contribution < 1.29 is 18.1 Å². The second kappa shape index (κ2) is 9.02. The van der Waals surface area contributed by atoms with Gasteiger partial charge in [0.15, 0.2) is 0 Å². The molecule has 0 unspecified atom stereocenters. The van der Waals surface area contributed by atoms with Crippen molar-refractivity contribution >= 4 is 10.0 Å². The predicted molar refractivity (Wildman–Crippen MR) is 110 cm³/mol. The van der Waals surface area contributed by atoms with Crippen LogP contribution in [0, 0.1) is 23.0 Å². The van der Waals surface area contributed by atoms with E-state index < -0.39 is 22.2 Å². The van der Waals surface area contributed by atoms with Gasteiger partial charge in [-0.3, -0.25) is 10.1 Å². The van der Waals surface area contributed by atoms with Crippen molar-refractivity contribution in [3.8, 4) is 0 Å². The lowest BCUT2D eigenvalue weighted by Crippen LogP contribution is -2.42. The summed E-state index contributed by atoms with van der Waals surface area (Å²) in [6.07, 6.45) is -0.236. The van der Waals surface area contributed by atoms with Crippen molar-refractivity contribution in [2.75, 3.05) is 19.7 Å². The molecule has 0 bridgehead atoms. The lowest BCUT2D eigenvalue weighted by Gasteiger charge is -2.30. The largest absolute Gasteiger partial charge is 0.362 e. The van der Waals surface area contributed by atoms with Crippen LogP contribution >= 0.6 is 0 Å². The molecule has 7 nitrogen and oxygen atoms in total. The van der Waals surface area contributed by atoms with E-state index in [4.69, 9.17) is 4.74 Å². The Labute approximate surface area is 171 Å². The molecule has 3 rings (SSSR count). The zero-order valence-corrected chi connectivity index (χ0v) is 17.4. The van der Waals surface area contributed by atoms with Crippen molar-refractivity contribution in [1.29, 1.82) is 0 Å². The maximum absolute atomic E-state index is 13.3. The third-order valence-electron chi connectivity index (χ3n) is 5.39. The van der Waals surface area contributed by atoms with Crippen LogP contribution in [-0.4, -0.2) is 43.6 Å². The molecule has 0 spiro atoms. The Balaban J connectivity index is 1.96. The summed E-state index contributed by atoms with van der Waals surface area (Å²) < 4.78 is 33.8. The third-order valence-corrected chi connectivity index (χ3v) is 7.26. The number of nitrogens with zero attached hydrogens (tertiary/aromatic N) is 2. The van der Waals surface area contributed by atoms with Crippen LogP contribution < -0.4 is 0 Å². The molecule has 1 aliphatic heterocycles. The fourth-order valence-electron chi connectivity index (χ4n) is 3.99. The number of hydrogen-bond acceptors (Lipinski definition) is 5. The smallest absolute Gasteiger partial charge is 0.245 e. The summed E-state index contributed by atoms with van der Waals surface area (Å²) in [5.74, 6) is -0.732. The Morgan fingerprint density at radius 3 is 2.41 bits per heavy atom. The molecule has 0 amide bonds. The zero-order chi connectivity index (χ0) is 21.0. The summed E-state index contributed by atoms with van der Waals surface area (Å²) >= 11 is 0. The molecule has 0 aliphatic carbocycles. The molecule has 156 valence electrons. The van der Waals surface area contributed by atoms with Crippen LogP contribution in [0.3, 0.4) is 0 Å². The van der Waals surface area contributed by atoms with Crippen molar-refractivity contribution in [3.05, 3.63) is 75.8 Å². The first-order chi connectivity index (χ1) is 13.8. The molecule has 1 heterocycles. The molecule has 0 aromatic heterocycles. The van der Waals surface area contributed by atoms with E-state index in [1.165, 1.54) is 4.31 Å². The van der Waals surface area contributed by atoms with Gasteiger partial charge in [0.05, 0.1) is 10.8 Å². The minimum absolute atomic E-state index is 0.207. The molecule has 1 aliphatic rings. The highest BCUT2D eigenvalue weighted by atomic mass is 32.2. The minimum atomic E-state index is -3.77. The minimum Gasteiger partial charge on any atom is -0.362 e. The monoisotopic (exact) mass is 418 g/mol. The first kappa shape index (κ1) is 21.4. The van der Waals surface area contributed by atoms with Crippen LogP contribution in [0.1, 0.15) is 30.4 Å². The van der Waals surface area contributed by atoms with Gasteiger partial charge in [0, 0.05) is 24.0 Å². The molecule has 0 N–H and O–H groups in total. The number of nitro groups is 1. The molecule has 2 aromatic carbocycles. The van der Waals surface area contributed by atoms with Crippen molar-refractivity contribution in [2.45, 2.75) is 37.3 Å². The number of rotatable bonds is 8. The van der Waals surface area contributed by atoms with Crippen LogP contribution in [-0.2, 0) is 14.8 Å². The summed E-state index contributed by atoms with van der Waals surface area (Å²) in [6.45, 7) is 4.02. The van der Waals surface area contributed by atoms with Crippen LogP contribution in [0.2, 0.25) is 0 Å². The lowest BCUT2D eigenvalue weighted by molar-refractivity contribution is -0.485. The van der Waals surface area contributed by atoms with Gasteiger partial charge in [-0.15, -0.1) is 0 Å². The average molecular weight is 419 g/mol. The standard InChI is InChI=1S/C21H26N2O5S/c1-3-28-21-19(20(15-23(24)25)17-7-5-4-6-8-17)13-14-22(21)29(26,27)18-11-9-16(2)10-12-18/h4-12,19-21H,3,13-15H2,1-2H3/t19-,20-,21+/m1/s1. The molecule has 2 aromatic rings. The first-order valence-corrected chi connectivity index (χ1v) is 11.2. The number of benzene rings is 2. The van der Waals surface area contributed by atoms with Gasteiger partial charge in [-0.2, -0.15) is 4.31 Å². The van der Waals surface area contributed by atoms with E-state index in [1.54, 1.807) is 31.2 Å². The summed E-state index contributed by atoms with van der Waals surface area (Å²) in [5.41, 5.74) is 1.80. The van der Waals surface area contributed by atoms with Gasteiger partial charge in [0.2, 0.25) is 16.6 Å². The normalized spacial score (nSPS) is 21.2. The van der Waals surface area contributed by atoms with Gasteiger partial charge in [-0.05, 0) is 38.0 Å². The summed E-state index contributed by atoms with van der Waals surface area (Å²) in [6, 6.07) is 15.9. The van der Waals surface area contributed by atoms with Gasteiger partial charge < -0.3 is 4.74 Å². The Bertz CT molecular complexity index is 931. The van der Waals surface area contributed by atoms with Gasteiger partial charge in [0.25, 0.3) is 0 Å². The average Bonchev–Trinajstić information content (AvgIpc) is 3.11. The molecule has 1 saturated heterocycles. The van der Waals surface area contributed by atoms with E-state index in [-0.39, 0.29) is 28.8 Å². The fourth-order valence-corrected chi connectivity index (χ4v) is 5.58. The highest BCUT2D eigenvalue weighted by Gasteiger charge is 2.47. The number of hydrogen-bond donors (Lipinski definition) is 0. The van der Waals surface area contributed by atoms with E-state index in [2.05, 4.69) is 0 Å². The molecule has 3 atom stereocenters. The van der Waals surface area contributed by atoms with E-state index in [1.807, 2.05) is 37.3 Å². The summed E-state index contributed by atoms with van der Waals surface area (Å²) in [4.78, 5) is 11.2. The lowest BCUT2D eigenvalue weighted by atomic mass is 9.84. The van der Waals surface area contributed by atoms with Crippen molar-refractivity contribution in [1.82, 2.24) is 4.31 Å². The molecule has 1 fully saturated rings. The summed E-state index contributed by atoms with van der Waals surface area (Å²) in [7, 11) is -3.77. The molecule has 8 heteroatoms. The van der Waals surface area contributed by atoms with Crippen LogP contribution in [0.4, 0.5) is 0 Å². The van der Waals surface area contributed by atoms with Crippen molar-refractivity contribution in [2.24, 2.45) is 5.92 Å². The van der Waals surface area contributed by atoms with Gasteiger partial charge in [-0.25, -0.2) is 8.42 Å². The number of aryl methyl sites for hydroxylation is 1. The Kier molecular flexibility index (Phi) is 6.66. The highest BCUT2D eigenvalue weighted by Crippen LogP contribution is 2.40. The highest BCUT2D eigenvalue weighted by molar-refractivity contribution is 7.89. The van der Waals surface area contributed by atoms with Gasteiger partial charge >= 0.3 is 0 Å². The van der Waals surface area contributed by atoms with Gasteiger partial charge in [-0.1, -0.05) is 48.0 Å². The fraction of sp³-hybridized carbons (Fsp3) is 0.429. The van der Waals surface area contributed by atoms with Crippen LogP contribution in [0.25, 0.3) is 0 Å². The molecular formula is C21H26N2O5S. The van der Waals surface area contributed by atoms with Gasteiger partial charge in [0.1, 0.15) is 6.23 Å². The first-order valence-electron chi connectivity index (χ1n) is 9.71. The molecular weight excluding hydrogens is 392 g/mol. The van der Waals surface area contributed by atoms with E-state index in [9.17, 15) is 18.5 Å². The number of ether oxygens (including phenoxy) is 1. The predicted octanol–water partition coefficient (Wildman–Crippen LogP) is 3.43. The second-order valence-corrected chi connectivity index (χ2v) is 9.15. The second-order valence-electron chi connectivity index (χ2n) is 7.26. The van der Waals surface area contributed by atoms with E-state index >= 15 is 0 Å². The zero-order valence-electron chi connectivity index (χ0n) is 16.6. The topological polar surface area (TPSA) is 89.8 Å².